The molecule has 2 heteroatoms. The van der Waals surface area contributed by atoms with Gasteiger partial charge in [0.15, 0.2) is 0 Å². The number of hydrogen-bond acceptors (Lipinski definition) is 0. The van der Waals surface area contributed by atoms with Gasteiger partial charge in [0.25, 0.3) is 0 Å². The molecule has 0 fully saturated rings. The van der Waals surface area contributed by atoms with Crippen LogP contribution in [0.1, 0.15) is 13.3 Å². The van der Waals surface area contributed by atoms with Crippen molar-refractivity contribution >= 4 is 19.0 Å². The van der Waals surface area contributed by atoms with Gasteiger partial charge in [-0.25, -0.2) is 0 Å². The molecule has 0 spiro atoms. The highest BCUT2D eigenvalue weighted by Crippen LogP contribution is 2.03. The maximum atomic E-state index is 2.44. The lowest BCUT2D eigenvalue weighted by Crippen LogP contribution is -2.03. The first-order valence-electron chi connectivity index (χ1n) is 3.35. The Kier molecular flexibility index (Phi) is 4.87. The summed E-state index contributed by atoms with van der Waals surface area (Å²) in [5.74, 6) is 0. The molecule has 0 atom stereocenters. The number of hydrogen-bond donors (Lipinski definition) is 0. The Hall–Kier alpha value is 0.434. The van der Waals surface area contributed by atoms with Gasteiger partial charge in [-0.1, -0.05) is 31.6 Å². The van der Waals surface area contributed by atoms with Crippen LogP contribution >= 0.6 is 0 Å². The van der Waals surface area contributed by atoms with Crippen LogP contribution in [0.3, 0.4) is 0 Å². The molecule has 0 radical (unpaired) electrons. The quantitative estimate of drug-likeness (QED) is 0.493. The van der Waals surface area contributed by atoms with Gasteiger partial charge in [-0.3, -0.25) is 0 Å². The average molecular weight is 132 g/mol. The second-order valence-electron chi connectivity index (χ2n) is 2.09. The fourth-order valence-electron chi connectivity index (χ4n) is 0.866. The van der Waals surface area contributed by atoms with Crippen LogP contribution < -0.4 is 0 Å². The van der Waals surface area contributed by atoms with Crippen LogP contribution in [0.25, 0.3) is 0 Å². The maximum absolute atomic E-state index is 2.44. The van der Waals surface area contributed by atoms with Crippen molar-refractivity contribution in [3.8, 4) is 0 Å². The minimum Gasteiger partial charge on any atom is -0.0749 e. The second kappa shape index (κ2) is 4.59. The average Bonchev–Trinajstić information content (AvgIpc) is 1.72. The van der Waals surface area contributed by atoms with E-state index < -0.39 is 0 Å². The van der Waals surface area contributed by atoms with Gasteiger partial charge in [0.2, 0.25) is 0 Å². The predicted octanol–water partition coefficient (Wildman–Crippen LogP) is 0.576. The molecule has 0 bridgehead atoms. The Balaban J connectivity index is 2.99. The molecule has 0 heterocycles. The van der Waals surface area contributed by atoms with Crippen molar-refractivity contribution in [3.05, 3.63) is 0 Å². The summed E-state index contributed by atoms with van der Waals surface area (Å²) in [5, 5.41) is 1.26. The second-order valence-corrected chi connectivity index (χ2v) is 7.19. The smallest absolute Gasteiger partial charge is 0.0166 e. The van der Waals surface area contributed by atoms with Crippen molar-refractivity contribution in [1.29, 1.82) is 0 Å². The first-order valence-corrected chi connectivity index (χ1v) is 7.81. The molecular weight excluding hydrogens is 116 g/mol. The molecule has 0 aromatic carbocycles. The minimum atomic E-state index is 0.390. The first-order chi connectivity index (χ1) is 3.35. The molecule has 44 valence electrons. The maximum Gasteiger partial charge on any atom is 0.0166 e. The van der Waals surface area contributed by atoms with Gasteiger partial charge in [0.1, 0.15) is 0 Å². The summed E-state index contributed by atoms with van der Waals surface area (Å²) in [7, 11) is 0.779. The van der Waals surface area contributed by atoms with E-state index in [1.54, 1.807) is 0 Å². The summed E-state index contributed by atoms with van der Waals surface area (Å²) in [6.45, 7) is 7.20. The molecule has 0 aromatic heterocycles. The molecule has 0 aliphatic carbocycles. The van der Waals surface area contributed by atoms with Gasteiger partial charge in [-0.2, -0.15) is 0 Å². The summed E-state index contributed by atoms with van der Waals surface area (Å²) < 4.78 is 0. The van der Waals surface area contributed by atoms with E-state index in [2.05, 4.69) is 20.0 Å². The summed E-state index contributed by atoms with van der Waals surface area (Å²) in [4.78, 5) is 0. The van der Waals surface area contributed by atoms with Crippen LogP contribution in [0.2, 0.25) is 18.3 Å². The van der Waals surface area contributed by atoms with Gasteiger partial charge in [-0.05, 0) is 0 Å². The number of rotatable bonds is 3. The van der Waals surface area contributed by atoms with Crippen molar-refractivity contribution in [3.63, 3.8) is 0 Å². The zero-order chi connectivity index (χ0) is 5.70. The highest BCUT2D eigenvalue weighted by Gasteiger charge is 1.97. The molecule has 0 aliphatic rings. The largest absolute Gasteiger partial charge is 0.0749 e. The Morgan fingerprint density at radius 3 is 1.71 bits per heavy atom. The molecule has 0 aromatic rings. The molecule has 0 N–H and O–H groups in total. The van der Waals surface area contributed by atoms with E-state index in [0.29, 0.717) is 19.0 Å². The van der Waals surface area contributed by atoms with Gasteiger partial charge < -0.3 is 0 Å². The van der Waals surface area contributed by atoms with Crippen LogP contribution in [0.4, 0.5) is 0 Å². The van der Waals surface area contributed by atoms with Crippen molar-refractivity contribution in [2.24, 2.45) is 0 Å². The molecule has 0 nitrogen and oxygen atoms in total. The third-order valence-corrected chi connectivity index (χ3v) is 8.66. The minimum absolute atomic E-state index is 0.390. The Bertz CT molecular complexity index is 27.6. The van der Waals surface area contributed by atoms with Gasteiger partial charge >= 0.3 is 0 Å². The molecule has 7 heavy (non-hydrogen) atoms. The van der Waals surface area contributed by atoms with Crippen LogP contribution in [0.5, 0.6) is 0 Å². The van der Waals surface area contributed by atoms with E-state index in [4.69, 9.17) is 0 Å². The van der Waals surface area contributed by atoms with E-state index in [1.165, 1.54) is 11.6 Å². The Morgan fingerprint density at radius 2 is 1.71 bits per heavy atom. The summed E-state index contributed by atoms with van der Waals surface area (Å²) in [6.07, 6.45) is 1.48. The van der Waals surface area contributed by atoms with Crippen molar-refractivity contribution < 1.29 is 0 Å². The van der Waals surface area contributed by atoms with Crippen molar-refractivity contribution in [1.82, 2.24) is 0 Å². The van der Waals surface area contributed by atoms with Crippen LogP contribution in [0, 0.1) is 0 Å². The van der Waals surface area contributed by atoms with E-state index in [0.717, 1.165) is 0 Å². The van der Waals surface area contributed by atoms with Gasteiger partial charge in [0.05, 0.1) is 0 Å². The third-order valence-electron chi connectivity index (χ3n) is 1.73. The Morgan fingerprint density at radius 1 is 1.29 bits per heavy atom. The summed E-state index contributed by atoms with van der Waals surface area (Å²) in [5.41, 5.74) is 0. The molecule has 0 amide bonds. The lowest BCUT2D eigenvalue weighted by Gasteiger charge is -2.04. The molecule has 0 saturated heterocycles. The first kappa shape index (κ1) is 7.43. The fourth-order valence-corrected chi connectivity index (χ4v) is 4.33. The lowest BCUT2D eigenvalue weighted by molar-refractivity contribution is 1.01. The van der Waals surface area contributed by atoms with Gasteiger partial charge in [0, 0.05) is 19.0 Å². The molecule has 0 rings (SSSR count). The van der Waals surface area contributed by atoms with Crippen LogP contribution in [-0.4, -0.2) is 19.0 Å². The summed E-state index contributed by atoms with van der Waals surface area (Å²) in [6, 6.07) is 0. The third kappa shape index (κ3) is 3.06. The SMILES string of the molecule is CCC([SiH2]C)[SiH2]C. The normalized spacial score (nSPS) is 17.6. The fraction of sp³-hybridized carbons (Fsp3) is 1.00. The zero-order valence-corrected chi connectivity index (χ0v) is 8.53. The lowest BCUT2D eigenvalue weighted by atomic mass is 10.6. The van der Waals surface area contributed by atoms with Crippen LogP contribution in [-0.2, 0) is 0 Å². The highest BCUT2D eigenvalue weighted by atomic mass is 28.3. The van der Waals surface area contributed by atoms with E-state index >= 15 is 0 Å². The van der Waals surface area contributed by atoms with E-state index in [9.17, 15) is 0 Å². The highest BCUT2D eigenvalue weighted by molar-refractivity contribution is 6.57. The molecule has 0 saturated carbocycles. The van der Waals surface area contributed by atoms with Crippen molar-refractivity contribution in [2.45, 2.75) is 31.6 Å². The summed E-state index contributed by atoms with van der Waals surface area (Å²) >= 11 is 0. The zero-order valence-electron chi connectivity index (χ0n) is 5.70. The van der Waals surface area contributed by atoms with E-state index in [-0.39, 0.29) is 0 Å². The standard InChI is InChI=1S/C5H16Si2/c1-4-5(6-2)7-3/h5H,4,6-7H2,1-3H3. The topological polar surface area (TPSA) is 0 Å². The van der Waals surface area contributed by atoms with Crippen LogP contribution in [0.15, 0.2) is 0 Å². The van der Waals surface area contributed by atoms with Gasteiger partial charge in [-0.15, -0.1) is 0 Å². The van der Waals surface area contributed by atoms with Crippen molar-refractivity contribution in [2.75, 3.05) is 0 Å². The monoisotopic (exact) mass is 132 g/mol. The molecular formula is C5H16Si2. The van der Waals surface area contributed by atoms with E-state index in [1.807, 2.05) is 0 Å². The Labute approximate surface area is 51.3 Å². The molecule has 0 unspecified atom stereocenters. The predicted molar refractivity (Wildman–Crippen MR) is 42.9 cm³/mol. The molecule has 0 aliphatic heterocycles.